The zero-order valence-corrected chi connectivity index (χ0v) is 12.7. The second-order valence-electron chi connectivity index (χ2n) is 4.67. The van der Waals surface area contributed by atoms with E-state index in [9.17, 15) is 0 Å². The summed E-state index contributed by atoms with van der Waals surface area (Å²) < 4.78 is 11.7. The summed E-state index contributed by atoms with van der Waals surface area (Å²) in [5.74, 6) is 1.58. The number of fused-ring (bicyclic) bond motifs is 1. The molecule has 0 bridgehead atoms. The lowest BCUT2D eigenvalue weighted by molar-refractivity contribution is 0.173. The highest BCUT2D eigenvalue weighted by molar-refractivity contribution is 9.10. The van der Waals surface area contributed by atoms with Gasteiger partial charge in [-0.1, -0.05) is 6.07 Å². The van der Waals surface area contributed by atoms with E-state index in [0.29, 0.717) is 0 Å². The lowest BCUT2D eigenvalue weighted by Crippen LogP contribution is -2.18. The maximum Gasteiger partial charge on any atom is 0.231 e. The lowest BCUT2D eigenvalue weighted by Gasteiger charge is -2.13. The van der Waals surface area contributed by atoms with Crippen molar-refractivity contribution in [1.82, 2.24) is 10.3 Å². The third-order valence-corrected chi connectivity index (χ3v) is 3.82. The summed E-state index contributed by atoms with van der Waals surface area (Å²) in [6, 6.07) is 10.2. The van der Waals surface area contributed by atoms with E-state index in [-0.39, 0.29) is 12.8 Å². The van der Waals surface area contributed by atoms with Crippen LogP contribution in [0.2, 0.25) is 0 Å². The SMILES string of the molecule is C[C@H](NCc1cc(Br)c2c(c1)OCO2)c1ccccn1. The molecule has 0 fully saturated rings. The van der Waals surface area contributed by atoms with Crippen molar-refractivity contribution in [2.24, 2.45) is 0 Å². The number of nitrogens with zero attached hydrogens (tertiary/aromatic N) is 1. The average molecular weight is 335 g/mol. The minimum absolute atomic E-state index is 0.195. The number of halogens is 1. The second kappa shape index (κ2) is 5.81. The molecule has 1 atom stereocenters. The van der Waals surface area contributed by atoms with E-state index in [1.54, 1.807) is 0 Å². The van der Waals surface area contributed by atoms with Crippen LogP contribution < -0.4 is 14.8 Å². The molecule has 0 saturated heterocycles. The Kier molecular flexibility index (Phi) is 3.89. The van der Waals surface area contributed by atoms with Gasteiger partial charge < -0.3 is 14.8 Å². The average Bonchev–Trinajstić information content (AvgIpc) is 2.94. The molecule has 104 valence electrons. The van der Waals surface area contributed by atoms with Gasteiger partial charge in [0.05, 0.1) is 10.2 Å². The third-order valence-electron chi connectivity index (χ3n) is 3.23. The Morgan fingerprint density at radius 3 is 3.05 bits per heavy atom. The Bertz CT molecular complexity index is 604. The van der Waals surface area contributed by atoms with E-state index in [1.807, 2.05) is 36.5 Å². The van der Waals surface area contributed by atoms with Gasteiger partial charge in [-0.25, -0.2) is 0 Å². The maximum atomic E-state index is 5.42. The highest BCUT2D eigenvalue weighted by Gasteiger charge is 2.18. The monoisotopic (exact) mass is 334 g/mol. The van der Waals surface area contributed by atoms with Gasteiger partial charge in [0.1, 0.15) is 0 Å². The Morgan fingerprint density at radius 1 is 1.35 bits per heavy atom. The van der Waals surface area contributed by atoms with Crippen LogP contribution in [0.3, 0.4) is 0 Å². The van der Waals surface area contributed by atoms with Crippen LogP contribution in [0.15, 0.2) is 41.0 Å². The fourth-order valence-corrected chi connectivity index (χ4v) is 2.73. The third kappa shape index (κ3) is 2.78. The molecule has 0 spiro atoms. The van der Waals surface area contributed by atoms with Crippen LogP contribution in [-0.4, -0.2) is 11.8 Å². The molecule has 3 rings (SSSR count). The van der Waals surface area contributed by atoms with Crippen LogP contribution in [0.25, 0.3) is 0 Å². The van der Waals surface area contributed by atoms with Crippen molar-refractivity contribution in [2.45, 2.75) is 19.5 Å². The van der Waals surface area contributed by atoms with Crippen LogP contribution >= 0.6 is 15.9 Å². The van der Waals surface area contributed by atoms with Crippen molar-refractivity contribution in [1.29, 1.82) is 0 Å². The largest absolute Gasteiger partial charge is 0.454 e. The number of nitrogens with one attached hydrogen (secondary N) is 1. The Balaban J connectivity index is 1.68. The summed E-state index contributed by atoms with van der Waals surface area (Å²) in [7, 11) is 0. The van der Waals surface area contributed by atoms with E-state index in [0.717, 1.165) is 33.8 Å². The van der Waals surface area contributed by atoms with E-state index in [1.165, 1.54) is 0 Å². The molecule has 0 amide bonds. The first-order chi connectivity index (χ1) is 9.74. The summed E-state index contributed by atoms with van der Waals surface area (Å²) in [4.78, 5) is 4.35. The highest BCUT2D eigenvalue weighted by atomic mass is 79.9. The van der Waals surface area contributed by atoms with Gasteiger partial charge in [0.15, 0.2) is 11.5 Å². The van der Waals surface area contributed by atoms with Crippen molar-refractivity contribution < 1.29 is 9.47 Å². The predicted octanol–water partition coefficient (Wildman–Crippen LogP) is 3.42. The van der Waals surface area contributed by atoms with Gasteiger partial charge in [-0.2, -0.15) is 0 Å². The van der Waals surface area contributed by atoms with Crippen molar-refractivity contribution in [3.05, 3.63) is 52.3 Å². The summed E-state index contributed by atoms with van der Waals surface area (Å²) in [5.41, 5.74) is 2.18. The van der Waals surface area contributed by atoms with Crippen molar-refractivity contribution >= 4 is 15.9 Å². The molecule has 2 aromatic rings. The Hall–Kier alpha value is -1.59. The number of hydrogen-bond acceptors (Lipinski definition) is 4. The van der Waals surface area contributed by atoms with Crippen LogP contribution in [0.5, 0.6) is 11.5 Å². The number of pyridine rings is 1. The maximum absolute atomic E-state index is 5.42. The fraction of sp³-hybridized carbons (Fsp3) is 0.267. The molecule has 2 heterocycles. The van der Waals surface area contributed by atoms with Crippen LogP contribution in [0, 0.1) is 0 Å². The molecule has 0 unspecified atom stereocenters. The number of benzene rings is 1. The van der Waals surface area contributed by atoms with Gasteiger partial charge in [0.25, 0.3) is 0 Å². The number of aromatic nitrogens is 1. The molecular weight excluding hydrogens is 320 g/mol. The molecule has 1 aliphatic rings. The quantitative estimate of drug-likeness (QED) is 0.930. The van der Waals surface area contributed by atoms with Crippen LogP contribution in [0.1, 0.15) is 24.2 Å². The van der Waals surface area contributed by atoms with Gasteiger partial charge in [0.2, 0.25) is 6.79 Å². The topological polar surface area (TPSA) is 43.4 Å². The molecule has 1 N–H and O–H groups in total. The highest BCUT2D eigenvalue weighted by Crippen LogP contribution is 2.40. The van der Waals surface area contributed by atoms with E-state index >= 15 is 0 Å². The van der Waals surface area contributed by atoms with E-state index in [2.05, 4.69) is 33.2 Å². The van der Waals surface area contributed by atoms with Gasteiger partial charge >= 0.3 is 0 Å². The molecule has 5 heteroatoms. The molecule has 1 aliphatic heterocycles. The molecule has 1 aromatic heterocycles. The van der Waals surface area contributed by atoms with Crippen molar-refractivity contribution in [3.63, 3.8) is 0 Å². The summed E-state index contributed by atoms with van der Waals surface area (Å²) in [6.07, 6.45) is 1.81. The minimum atomic E-state index is 0.195. The zero-order valence-electron chi connectivity index (χ0n) is 11.1. The number of hydrogen-bond donors (Lipinski definition) is 1. The molecule has 1 aromatic carbocycles. The second-order valence-corrected chi connectivity index (χ2v) is 5.52. The number of rotatable bonds is 4. The minimum Gasteiger partial charge on any atom is -0.454 e. The molecular formula is C15H15BrN2O2. The fourth-order valence-electron chi connectivity index (χ4n) is 2.13. The first kappa shape index (κ1) is 13.4. The molecule has 0 aliphatic carbocycles. The first-order valence-corrected chi connectivity index (χ1v) is 7.25. The van der Waals surface area contributed by atoms with Gasteiger partial charge in [0, 0.05) is 18.8 Å². The van der Waals surface area contributed by atoms with Crippen LogP contribution in [-0.2, 0) is 6.54 Å². The molecule has 20 heavy (non-hydrogen) atoms. The van der Waals surface area contributed by atoms with Crippen molar-refractivity contribution in [3.8, 4) is 11.5 Å². The summed E-state index contributed by atoms with van der Waals surface area (Å²) in [5, 5.41) is 3.45. The summed E-state index contributed by atoms with van der Waals surface area (Å²) >= 11 is 3.50. The summed E-state index contributed by atoms with van der Waals surface area (Å²) in [6.45, 7) is 3.13. The number of ether oxygens (including phenoxy) is 2. The van der Waals surface area contributed by atoms with Crippen molar-refractivity contribution in [2.75, 3.05) is 6.79 Å². The van der Waals surface area contributed by atoms with Gasteiger partial charge in [-0.3, -0.25) is 4.98 Å². The first-order valence-electron chi connectivity index (χ1n) is 6.46. The Morgan fingerprint density at radius 2 is 2.25 bits per heavy atom. The zero-order chi connectivity index (χ0) is 13.9. The molecule has 4 nitrogen and oxygen atoms in total. The standard InChI is InChI=1S/C15H15BrN2O2/c1-10(13-4-2-3-5-17-13)18-8-11-6-12(16)15-14(7-11)19-9-20-15/h2-7,10,18H,8-9H2,1H3/t10-/m0/s1. The Labute approximate surface area is 126 Å². The van der Waals surface area contributed by atoms with E-state index < -0.39 is 0 Å². The van der Waals surface area contributed by atoms with E-state index in [4.69, 9.17) is 9.47 Å². The smallest absolute Gasteiger partial charge is 0.231 e. The normalized spacial score (nSPS) is 14.3. The lowest BCUT2D eigenvalue weighted by atomic mass is 10.1. The molecule has 0 saturated carbocycles. The van der Waals surface area contributed by atoms with Crippen LogP contribution in [0.4, 0.5) is 0 Å². The predicted molar refractivity (Wildman–Crippen MR) is 79.8 cm³/mol. The van der Waals surface area contributed by atoms with Gasteiger partial charge in [-0.15, -0.1) is 0 Å². The van der Waals surface area contributed by atoms with Gasteiger partial charge in [-0.05, 0) is 52.7 Å². The molecule has 0 radical (unpaired) electrons.